The van der Waals surface area contributed by atoms with E-state index in [-0.39, 0.29) is 17.7 Å². The first kappa shape index (κ1) is 21.6. The van der Waals surface area contributed by atoms with E-state index in [0.29, 0.717) is 12.1 Å². The molecule has 1 saturated heterocycles. The number of piperidine rings is 1. The number of nitrogens with zero attached hydrogens (tertiary/aromatic N) is 2. The van der Waals surface area contributed by atoms with E-state index >= 15 is 0 Å². The zero-order valence-electron chi connectivity index (χ0n) is 18.0. The van der Waals surface area contributed by atoms with Gasteiger partial charge in [0.2, 0.25) is 5.91 Å². The highest BCUT2D eigenvalue weighted by atomic mass is 16.2. The van der Waals surface area contributed by atoms with Gasteiger partial charge in [0.05, 0.1) is 5.56 Å². The van der Waals surface area contributed by atoms with E-state index < -0.39 is 0 Å². The number of rotatable bonds is 8. The molecule has 1 aromatic rings. The lowest BCUT2D eigenvalue weighted by atomic mass is 10.0. The summed E-state index contributed by atoms with van der Waals surface area (Å²) in [5.41, 5.74) is 2.37. The van der Waals surface area contributed by atoms with Crippen LogP contribution in [0.5, 0.6) is 0 Å². The Hall–Kier alpha value is -2.08. The molecule has 0 atom stereocenters. The van der Waals surface area contributed by atoms with Crippen LogP contribution in [-0.4, -0.2) is 57.0 Å². The maximum absolute atomic E-state index is 13.0. The van der Waals surface area contributed by atoms with Crippen molar-refractivity contribution in [2.75, 3.05) is 50.5 Å². The second-order valence-corrected chi connectivity index (χ2v) is 8.66. The Morgan fingerprint density at radius 2 is 1.79 bits per heavy atom. The molecule has 1 saturated carbocycles. The minimum atomic E-state index is -0.0544. The second kappa shape index (κ2) is 10.6. The summed E-state index contributed by atoms with van der Waals surface area (Å²) in [5.74, 6) is 0.145. The lowest BCUT2D eigenvalue weighted by Gasteiger charge is -2.30. The molecular weight excluding hydrogens is 364 g/mol. The Morgan fingerprint density at radius 1 is 1.07 bits per heavy atom. The minimum absolute atomic E-state index is 0.0544. The first-order valence-electron chi connectivity index (χ1n) is 11.2. The average molecular weight is 401 g/mol. The highest BCUT2D eigenvalue weighted by Crippen LogP contribution is 2.29. The highest BCUT2D eigenvalue weighted by Gasteiger charge is 2.24. The number of benzene rings is 1. The lowest BCUT2D eigenvalue weighted by Crippen LogP contribution is -2.33. The van der Waals surface area contributed by atoms with Gasteiger partial charge in [-0.15, -0.1) is 0 Å². The fourth-order valence-electron chi connectivity index (χ4n) is 4.33. The van der Waals surface area contributed by atoms with Crippen molar-refractivity contribution in [1.29, 1.82) is 0 Å². The first-order valence-corrected chi connectivity index (χ1v) is 11.2. The van der Waals surface area contributed by atoms with Gasteiger partial charge in [0, 0.05) is 36.9 Å². The standard InChI is InChI=1S/C23H36N4O2/c1-26(2)14-8-13-24-23(29)20-17-19(25-22(28)18-9-4-5-10-18)11-12-21(20)27-15-6-3-7-16-27/h11-12,17-18H,3-10,13-16H2,1-2H3,(H,24,29)(H,25,28). The monoisotopic (exact) mass is 400 g/mol. The van der Waals surface area contributed by atoms with Crippen molar-refractivity contribution in [1.82, 2.24) is 10.2 Å². The van der Waals surface area contributed by atoms with Gasteiger partial charge in [-0.2, -0.15) is 0 Å². The van der Waals surface area contributed by atoms with Crippen molar-refractivity contribution in [3.63, 3.8) is 0 Å². The summed E-state index contributed by atoms with van der Waals surface area (Å²) in [6.45, 7) is 3.55. The van der Waals surface area contributed by atoms with Crippen LogP contribution in [0.3, 0.4) is 0 Å². The summed E-state index contributed by atoms with van der Waals surface area (Å²) in [4.78, 5) is 29.9. The largest absolute Gasteiger partial charge is 0.371 e. The number of nitrogens with one attached hydrogen (secondary N) is 2. The summed E-state index contributed by atoms with van der Waals surface area (Å²) in [6.07, 6.45) is 8.68. The molecular formula is C23H36N4O2. The molecule has 160 valence electrons. The maximum atomic E-state index is 13.0. The molecule has 0 unspecified atom stereocenters. The van der Waals surface area contributed by atoms with E-state index in [1.807, 2.05) is 32.3 Å². The van der Waals surface area contributed by atoms with Crippen LogP contribution in [0.2, 0.25) is 0 Å². The number of amides is 2. The maximum Gasteiger partial charge on any atom is 0.253 e. The molecule has 0 aromatic heterocycles. The molecule has 1 aliphatic heterocycles. The minimum Gasteiger partial charge on any atom is -0.371 e. The number of carbonyl (C=O) groups is 2. The average Bonchev–Trinajstić information content (AvgIpc) is 3.26. The zero-order chi connectivity index (χ0) is 20.6. The van der Waals surface area contributed by atoms with Gasteiger partial charge in [-0.25, -0.2) is 0 Å². The summed E-state index contributed by atoms with van der Waals surface area (Å²) in [5, 5.41) is 6.11. The molecule has 2 fully saturated rings. The van der Waals surface area contributed by atoms with Crippen LogP contribution in [0.4, 0.5) is 11.4 Å². The van der Waals surface area contributed by atoms with E-state index in [0.717, 1.165) is 76.0 Å². The smallest absolute Gasteiger partial charge is 0.253 e. The Morgan fingerprint density at radius 3 is 2.48 bits per heavy atom. The van der Waals surface area contributed by atoms with Crippen molar-refractivity contribution in [2.24, 2.45) is 5.92 Å². The molecule has 0 bridgehead atoms. The van der Waals surface area contributed by atoms with E-state index in [4.69, 9.17) is 0 Å². The van der Waals surface area contributed by atoms with E-state index in [2.05, 4.69) is 20.4 Å². The third-order valence-corrected chi connectivity index (χ3v) is 6.00. The Bertz CT molecular complexity index is 692. The molecule has 0 spiro atoms. The molecule has 1 heterocycles. The van der Waals surface area contributed by atoms with Gasteiger partial charge >= 0.3 is 0 Å². The second-order valence-electron chi connectivity index (χ2n) is 8.66. The molecule has 1 aromatic carbocycles. The topological polar surface area (TPSA) is 64.7 Å². The highest BCUT2D eigenvalue weighted by molar-refractivity contribution is 6.02. The molecule has 0 radical (unpaired) electrons. The van der Waals surface area contributed by atoms with Crippen LogP contribution < -0.4 is 15.5 Å². The van der Waals surface area contributed by atoms with Crippen LogP contribution in [0, 0.1) is 5.92 Å². The summed E-state index contributed by atoms with van der Waals surface area (Å²) < 4.78 is 0. The number of carbonyl (C=O) groups excluding carboxylic acids is 2. The van der Waals surface area contributed by atoms with Gasteiger partial charge in [0.25, 0.3) is 5.91 Å². The van der Waals surface area contributed by atoms with E-state index in [1.165, 1.54) is 6.42 Å². The lowest BCUT2D eigenvalue weighted by molar-refractivity contribution is -0.119. The summed E-state index contributed by atoms with van der Waals surface area (Å²) in [6, 6.07) is 5.81. The van der Waals surface area contributed by atoms with Gasteiger partial charge < -0.3 is 20.4 Å². The predicted octanol–water partition coefficient (Wildman–Crippen LogP) is 3.49. The van der Waals surface area contributed by atoms with Gasteiger partial charge in [-0.05, 0) is 77.4 Å². The van der Waals surface area contributed by atoms with Crippen molar-refractivity contribution < 1.29 is 9.59 Å². The van der Waals surface area contributed by atoms with Gasteiger partial charge in [-0.3, -0.25) is 9.59 Å². The first-order chi connectivity index (χ1) is 14.0. The number of hydrogen-bond donors (Lipinski definition) is 2. The van der Waals surface area contributed by atoms with Crippen molar-refractivity contribution in [2.45, 2.75) is 51.4 Å². The normalized spacial score (nSPS) is 17.6. The zero-order valence-corrected chi connectivity index (χ0v) is 18.0. The predicted molar refractivity (Wildman–Crippen MR) is 119 cm³/mol. The van der Waals surface area contributed by atoms with Crippen molar-refractivity contribution >= 4 is 23.2 Å². The molecule has 1 aliphatic carbocycles. The van der Waals surface area contributed by atoms with Gasteiger partial charge in [-0.1, -0.05) is 12.8 Å². The number of anilines is 2. The third-order valence-electron chi connectivity index (χ3n) is 6.00. The van der Waals surface area contributed by atoms with Crippen molar-refractivity contribution in [3.8, 4) is 0 Å². The van der Waals surface area contributed by atoms with Crippen LogP contribution in [-0.2, 0) is 4.79 Å². The van der Waals surface area contributed by atoms with Crippen molar-refractivity contribution in [3.05, 3.63) is 23.8 Å². The molecule has 6 heteroatoms. The molecule has 29 heavy (non-hydrogen) atoms. The summed E-state index contributed by atoms with van der Waals surface area (Å²) in [7, 11) is 4.07. The van der Waals surface area contributed by atoms with Crippen LogP contribution in [0.1, 0.15) is 61.7 Å². The molecule has 2 amide bonds. The molecule has 3 rings (SSSR count). The fraction of sp³-hybridized carbons (Fsp3) is 0.652. The fourth-order valence-corrected chi connectivity index (χ4v) is 4.33. The molecule has 2 N–H and O–H groups in total. The van der Waals surface area contributed by atoms with Gasteiger partial charge in [0.15, 0.2) is 0 Å². The molecule has 2 aliphatic rings. The Balaban J connectivity index is 1.73. The van der Waals surface area contributed by atoms with E-state index in [9.17, 15) is 9.59 Å². The van der Waals surface area contributed by atoms with E-state index in [1.54, 1.807) is 0 Å². The van der Waals surface area contributed by atoms with Crippen LogP contribution in [0.25, 0.3) is 0 Å². The van der Waals surface area contributed by atoms with Crippen LogP contribution in [0.15, 0.2) is 18.2 Å². The number of hydrogen-bond acceptors (Lipinski definition) is 4. The molecule has 6 nitrogen and oxygen atoms in total. The summed E-state index contributed by atoms with van der Waals surface area (Å²) >= 11 is 0. The quantitative estimate of drug-likeness (QED) is 0.656. The SMILES string of the molecule is CN(C)CCCNC(=O)c1cc(NC(=O)C2CCCC2)ccc1N1CCCCC1. The Labute approximate surface area is 175 Å². The van der Waals surface area contributed by atoms with Gasteiger partial charge in [0.1, 0.15) is 0 Å². The third kappa shape index (κ3) is 6.20. The Kier molecular flexibility index (Phi) is 7.92. The van der Waals surface area contributed by atoms with Crippen LogP contribution >= 0.6 is 0 Å².